The Kier molecular flexibility index (Phi) is 6.73. The van der Waals surface area contributed by atoms with E-state index in [1.165, 1.54) is 0 Å². The van der Waals surface area contributed by atoms with Crippen molar-refractivity contribution in [1.29, 1.82) is 0 Å². The number of nitrogens with one attached hydrogen (secondary N) is 1. The summed E-state index contributed by atoms with van der Waals surface area (Å²) in [6, 6.07) is 0.675. The van der Waals surface area contributed by atoms with Crippen molar-refractivity contribution >= 4 is 10.0 Å². The van der Waals surface area contributed by atoms with Crippen LogP contribution >= 0.6 is 0 Å². The Morgan fingerprint density at radius 2 is 1.89 bits per heavy atom. The molecule has 1 rings (SSSR count). The van der Waals surface area contributed by atoms with Crippen LogP contribution in [0.15, 0.2) is 0 Å². The molecule has 0 aromatic heterocycles. The van der Waals surface area contributed by atoms with Crippen LogP contribution in [0.2, 0.25) is 0 Å². The molecule has 1 fully saturated rings. The van der Waals surface area contributed by atoms with Gasteiger partial charge in [0.2, 0.25) is 10.0 Å². The summed E-state index contributed by atoms with van der Waals surface area (Å²) in [4.78, 5) is 0. The number of nitrogens with zero attached hydrogens (tertiary/aromatic N) is 1. The van der Waals surface area contributed by atoms with Crippen molar-refractivity contribution in [2.45, 2.75) is 58.2 Å². The van der Waals surface area contributed by atoms with Gasteiger partial charge in [0.15, 0.2) is 0 Å². The maximum absolute atomic E-state index is 12.0. The van der Waals surface area contributed by atoms with Crippen LogP contribution in [-0.2, 0) is 14.8 Å². The summed E-state index contributed by atoms with van der Waals surface area (Å²) >= 11 is 0. The Balaban J connectivity index is 2.41. The molecule has 0 saturated carbocycles. The van der Waals surface area contributed by atoms with Gasteiger partial charge in [-0.05, 0) is 33.1 Å². The van der Waals surface area contributed by atoms with Crippen LogP contribution in [0.4, 0.5) is 0 Å². The molecule has 5 nitrogen and oxygen atoms in total. The van der Waals surface area contributed by atoms with Crippen molar-refractivity contribution in [2.24, 2.45) is 0 Å². The summed E-state index contributed by atoms with van der Waals surface area (Å²) in [7, 11) is -1.31. The summed E-state index contributed by atoms with van der Waals surface area (Å²) in [5.74, 6) is 0.266. The molecule has 0 aromatic carbocycles. The molecule has 1 heterocycles. The van der Waals surface area contributed by atoms with Crippen LogP contribution in [0.5, 0.6) is 0 Å². The summed E-state index contributed by atoms with van der Waals surface area (Å²) in [5, 5.41) is 3.53. The first kappa shape index (κ1) is 16.9. The smallest absolute Gasteiger partial charge is 0.214 e. The molecule has 0 radical (unpaired) electrons. The summed E-state index contributed by atoms with van der Waals surface area (Å²) < 4.78 is 30.8. The zero-order valence-electron chi connectivity index (χ0n) is 12.6. The highest BCUT2D eigenvalue weighted by Gasteiger charge is 2.28. The van der Waals surface area contributed by atoms with Gasteiger partial charge in [0, 0.05) is 32.3 Å². The molecule has 0 spiro atoms. The molecule has 1 aliphatic heterocycles. The topological polar surface area (TPSA) is 58.6 Å². The number of methoxy groups -OCH3 is 1. The zero-order valence-corrected chi connectivity index (χ0v) is 13.4. The maximum Gasteiger partial charge on any atom is 0.214 e. The van der Waals surface area contributed by atoms with Gasteiger partial charge < -0.3 is 10.1 Å². The van der Waals surface area contributed by atoms with Gasteiger partial charge in [-0.2, -0.15) is 0 Å². The van der Waals surface area contributed by atoms with E-state index in [-0.39, 0.29) is 17.9 Å². The first-order chi connectivity index (χ1) is 8.90. The van der Waals surface area contributed by atoms with Gasteiger partial charge >= 0.3 is 0 Å². The zero-order chi connectivity index (χ0) is 14.5. The van der Waals surface area contributed by atoms with E-state index in [0.29, 0.717) is 25.6 Å². The molecule has 0 aromatic rings. The normalized spacial score (nSPS) is 22.3. The van der Waals surface area contributed by atoms with Crippen LogP contribution < -0.4 is 5.32 Å². The molecular weight excluding hydrogens is 264 g/mol. The second kappa shape index (κ2) is 7.57. The molecule has 1 aliphatic rings. The number of hydrogen-bond donors (Lipinski definition) is 1. The molecule has 114 valence electrons. The van der Waals surface area contributed by atoms with Gasteiger partial charge in [-0.25, -0.2) is 12.7 Å². The largest absolute Gasteiger partial charge is 0.380 e. The average molecular weight is 292 g/mol. The summed E-state index contributed by atoms with van der Waals surface area (Å²) in [5.41, 5.74) is 0. The number of sulfonamides is 1. The lowest BCUT2D eigenvalue weighted by atomic mass is 10.0. The third-order valence-corrected chi connectivity index (χ3v) is 5.96. The first-order valence-corrected chi connectivity index (χ1v) is 8.78. The first-order valence-electron chi connectivity index (χ1n) is 7.17. The SMILES string of the molecule is CCCS(=O)(=O)N1CCC(NC(C)C(C)OC)CC1. The Morgan fingerprint density at radius 3 is 2.37 bits per heavy atom. The molecule has 0 aliphatic carbocycles. The highest BCUT2D eigenvalue weighted by Crippen LogP contribution is 2.16. The Bertz CT molecular complexity index is 351. The highest BCUT2D eigenvalue weighted by molar-refractivity contribution is 7.89. The molecule has 1 N–H and O–H groups in total. The van der Waals surface area contributed by atoms with Gasteiger partial charge in [-0.15, -0.1) is 0 Å². The monoisotopic (exact) mass is 292 g/mol. The molecule has 2 atom stereocenters. The third-order valence-electron chi connectivity index (χ3n) is 3.88. The molecular formula is C13H28N2O3S. The van der Waals surface area contributed by atoms with E-state index < -0.39 is 10.0 Å². The van der Waals surface area contributed by atoms with Gasteiger partial charge in [0.05, 0.1) is 11.9 Å². The summed E-state index contributed by atoms with van der Waals surface area (Å²) in [6.45, 7) is 7.31. The average Bonchev–Trinajstić information content (AvgIpc) is 2.38. The van der Waals surface area contributed by atoms with Crippen molar-refractivity contribution < 1.29 is 13.2 Å². The lowest BCUT2D eigenvalue weighted by Gasteiger charge is -2.34. The van der Waals surface area contributed by atoms with Gasteiger partial charge in [0.25, 0.3) is 0 Å². The number of piperidine rings is 1. The van der Waals surface area contributed by atoms with Crippen molar-refractivity contribution in [3.05, 3.63) is 0 Å². The minimum absolute atomic E-state index is 0.168. The minimum atomic E-state index is -3.03. The molecule has 0 bridgehead atoms. The van der Waals surface area contributed by atoms with Crippen LogP contribution in [0.1, 0.15) is 40.0 Å². The maximum atomic E-state index is 12.0. The van der Waals surface area contributed by atoms with Crippen LogP contribution in [-0.4, -0.2) is 56.9 Å². The predicted molar refractivity (Wildman–Crippen MR) is 77.7 cm³/mol. The van der Waals surface area contributed by atoms with E-state index in [1.54, 1.807) is 11.4 Å². The second-order valence-electron chi connectivity index (χ2n) is 5.39. The van der Waals surface area contributed by atoms with E-state index in [9.17, 15) is 8.42 Å². The van der Waals surface area contributed by atoms with Crippen LogP contribution in [0, 0.1) is 0 Å². The second-order valence-corrected chi connectivity index (χ2v) is 7.47. The fraction of sp³-hybridized carbons (Fsp3) is 1.00. The third kappa shape index (κ3) is 5.02. The number of ether oxygens (including phenoxy) is 1. The predicted octanol–water partition coefficient (Wildman–Crippen LogP) is 1.20. The van der Waals surface area contributed by atoms with Gasteiger partial charge in [0.1, 0.15) is 0 Å². The van der Waals surface area contributed by atoms with Crippen LogP contribution in [0.3, 0.4) is 0 Å². The van der Waals surface area contributed by atoms with E-state index in [0.717, 1.165) is 12.8 Å². The van der Waals surface area contributed by atoms with E-state index in [2.05, 4.69) is 12.2 Å². The lowest BCUT2D eigenvalue weighted by Crippen LogP contribution is -2.50. The van der Waals surface area contributed by atoms with E-state index in [4.69, 9.17) is 4.74 Å². The Morgan fingerprint density at radius 1 is 1.32 bits per heavy atom. The van der Waals surface area contributed by atoms with Crippen molar-refractivity contribution in [3.8, 4) is 0 Å². The minimum Gasteiger partial charge on any atom is -0.380 e. The number of hydrogen-bond acceptors (Lipinski definition) is 4. The van der Waals surface area contributed by atoms with Crippen molar-refractivity contribution in [1.82, 2.24) is 9.62 Å². The molecule has 0 amide bonds. The van der Waals surface area contributed by atoms with Crippen molar-refractivity contribution in [3.63, 3.8) is 0 Å². The number of rotatable bonds is 7. The highest BCUT2D eigenvalue weighted by atomic mass is 32.2. The lowest BCUT2D eigenvalue weighted by molar-refractivity contribution is 0.0810. The van der Waals surface area contributed by atoms with Gasteiger partial charge in [-0.1, -0.05) is 6.92 Å². The van der Waals surface area contributed by atoms with Crippen LogP contribution in [0.25, 0.3) is 0 Å². The van der Waals surface area contributed by atoms with E-state index in [1.807, 2.05) is 13.8 Å². The molecule has 2 unspecified atom stereocenters. The molecule has 19 heavy (non-hydrogen) atoms. The quantitative estimate of drug-likeness (QED) is 0.766. The summed E-state index contributed by atoms with van der Waals surface area (Å²) in [6.07, 6.45) is 2.61. The molecule has 6 heteroatoms. The van der Waals surface area contributed by atoms with E-state index >= 15 is 0 Å². The fourth-order valence-electron chi connectivity index (χ4n) is 2.40. The Hall–Kier alpha value is -0.170. The Labute approximate surface area is 117 Å². The fourth-order valence-corrected chi connectivity index (χ4v) is 3.94. The standard InChI is InChI=1S/C13H28N2O3S/c1-5-10-19(16,17)15-8-6-13(7-9-15)14-11(2)12(3)18-4/h11-14H,5-10H2,1-4H3. The van der Waals surface area contributed by atoms with Crippen molar-refractivity contribution in [2.75, 3.05) is 26.0 Å². The molecule has 1 saturated heterocycles. The van der Waals surface area contributed by atoms with Gasteiger partial charge in [-0.3, -0.25) is 0 Å².